The van der Waals surface area contributed by atoms with E-state index >= 15 is 0 Å². The number of fused-ring (bicyclic) bond motifs is 1. The Kier molecular flexibility index (Phi) is 3.66. The number of H-pyrrole nitrogens is 1. The molecule has 0 aromatic carbocycles. The molecule has 0 unspecified atom stereocenters. The van der Waals surface area contributed by atoms with Crippen molar-refractivity contribution in [1.82, 2.24) is 25.1 Å². The van der Waals surface area contributed by atoms with Crippen molar-refractivity contribution in [2.45, 2.75) is 12.8 Å². The van der Waals surface area contributed by atoms with E-state index in [1.54, 1.807) is 6.20 Å². The van der Waals surface area contributed by atoms with Crippen molar-refractivity contribution in [2.24, 2.45) is 5.84 Å². The zero-order chi connectivity index (χ0) is 13.9. The van der Waals surface area contributed by atoms with Crippen LogP contribution in [0.25, 0.3) is 11.0 Å². The van der Waals surface area contributed by atoms with Gasteiger partial charge in [-0.2, -0.15) is 15.1 Å². The minimum Gasteiger partial charge on any atom is -0.358 e. The van der Waals surface area contributed by atoms with Crippen molar-refractivity contribution in [3.05, 3.63) is 6.20 Å². The third kappa shape index (κ3) is 2.52. The van der Waals surface area contributed by atoms with Gasteiger partial charge in [0.15, 0.2) is 5.65 Å². The van der Waals surface area contributed by atoms with Gasteiger partial charge in [-0.05, 0) is 25.9 Å². The molecule has 1 fully saturated rings. The Morgan fingerprint density at radius 1 is 1.40 bits per heavy atom. The molecule has 0 aliphatic carbocycles. The van der Waals surface area contributed by atoms with Gasteiger partial charge in [-0.25, -0.2) is 5.84 Å². The van der Waals surface area contributed by atoms with Gasteiger partial charge >= 0.3 is 0 Å². The van der Waals surface area contributed by atoms with Crippen molar-refractivity contribution < 1.29 is 0 Å². The van der Waals surface area contributed by atoms with Gasteiger partial charge in [0, 0.05) is 20.1 Å². The Morgan fingerprint density at radius 2 is 2.20 bits per heavy atom. The van der Waals surface area contributed by atoms with Gasteiger partial charge in [-0.3, -0.25) is 10.5 Å². The molecule has 0 saturated carbocycles. The van der Waals surface area contributed by atoms with E-state index in [2.05, 4.69) is 35.4 Å². The van der Waals surface area contributed by atoms with Crippen LogP contribution < -0.4 is 16.2 Å². The van der Waals surface area contributed by atoms with Crippen molar-refractivity contribution in [3.8, 4) is 0 Å². The lowest BCUT2D eigenvalue weighted by molar-refractivity contribution is 0.346. The Hall–Kier alpha value is -1.93. The highest BCUT2D eigenvalue weighted by Crippen LogP contribution is 2.22. The van der Waals surface area contributed by atoms with Crippen LogP contribution in [-0.4, -0.2) is 58.3 Å². The molecule has 2 aromatic heterocycles. The molecule has 0 radical (unpaired) electrons. The van der Waals surface area contributed by atoms with Gasteiger partial charge in [0.2, 0.25) is 5.95 Å². The number of hydrogen-bond donors (Lipinski definition) is 3. The second-order valence-corrected chi connectivity index (χ2v) is 5.12. The van der Waals surface area contributed by atoms with Crippen LogP contribution in [0.1, 0.15) is 12.8 Å². The van der Waals surface area contributed by atoms with Gasteiger partial charge in [0.1, 0.15) is 5.82 Å². The van der Waals surface area contributed by atoms with E-state index in [0.717, 1.165) is 24.3 Å². The van der Waals surface area contributed by atoms with E-state index in [9.17, 15) is 0 Å². The Morgan fingerprint density at radius 3 is 2.95 bits per heavy atom. The SMILES string of the molecule is CN(CCN1CCCC1)c1nc(NN)nc2[nH]ncc12. The second-order valence-electron chi connectivity index (χ2n) is 5.12. The van der Waals surface area contributed by atoms with Gasteiger partial charge in [-0.15, -0.1) is 0 Å². The monoisotopic (exact) mass is 276 g/mol. The van der Waals surface area contributed by atoms with Gasteiger partial charge < -0.3 is 9.80 Å². The van der Waals surface area contributed by atoms with Crippen LogP contribution in [0.3, 0.4) is 0 Å². The number of likely N-dealkylation sites (tertiary alicyclic amines) is 1. The van der Waals surface area contributed by atoms with Crippen molar-refractivity contribution >= 4 is 22.8 Å². The Balaban J connectivity index is 1.78. The van der Waals surface area contributed by atoms with Crippen LogP contribution in [0, 0.1) is 0 Å². The van der Waals surface area contributed by atoms with Crippen molar-refractivity contribution in [2.75, 3.05) is 43.6 Å². The lowest BCUT2D eigenvalue weighted by atomic mass is 10.3. The number of nitrogen functional groups attached to an aromatic ring is 1. The summed E-state index contributed by atoms with van der Waals surface area (Å²) >= 11 is 0. The molecule has 1 aliphatic rings. The van der Waals surface area contributed by atoms with E-state index in [1.165, 1.54) is 25.9 Å². The lowest BCUT2D eigenvalue weighted by Crippen LogP contribution is -2.32. The quantitative estimate of drug-likeness (QED) is 0.529. The molecule has 3 rings (SSSR count). The van der Waals surface area contributed by atoms with Crippen LogP contribution in [0.5, 0.6) is 0 Å². The van der Waals surface area contributed by atoms with Crippen LogP contribution in [-0.2, 0) is 0 Å². The number of hydrogen-bond acceptors (Lipinski definition) is 7. The maximum absolute atomic E-state index is 5.42. The summed E-state index contributed by atoms with van der Waals surface area (Å²) in [5.41, 5.74) is 3.19. The molecule has 8 nitrogen and oxygen atoms in total. The minimum absolute atomic E-state index is 0.393. The number of aromatic amines is 1. The Bertz CT molecular complexity index is 574. The molecule has 4 N–H and O–H groups in total. The largest absolute Gasteiger partial charge is 0.358 e. The molecule has 0 amide bonds. The molecule has 2 aromatic rings. The molecule has 20 heavy (non-hydrogen) atoms. The number of nitrogens with zero attached hydrogens (tertiary/aromatic N) is 5. The molecule has 3 heterocycles. The van der Waals surface area contributed by atoms with E-state index in [4.69, 9.17) is 5.84 Å². The average Bonchev–Trinajstić information content (AvgIpc) is 3.14. The number of nitrogens with two attached hydrogens (primary N) is 1. The summed E-state index contributed by atoms with van der Waals surface area (Å²) in [5.74, 6) is 6.65. The lowest BCUT2D eigenvalue weighted by Gasteiger charge is -2.22. The highest BCUT2D eigenvalue weighted by Gasteiger charge is 2.15. The smallest absolute Gasteiger partial charge is 0.241 e. The first kappa shape index (κ1) is 13.1. The number of nitrogens with one attached hydrogen (secondary N) is 2. The van der Waals surface area contributed by atoms with Crippen LogP contribution in [0.2, 0.25) is 0 Å². The molecule has 0 spiro atoms. The van der Waals surface area contributed by atoms with E-state index in [0.29, 0.717) is 11.6 Å². The highest BCUT2D eigenvalue weighted by atomic mass is 15.3. The first-order valence-corrected chi connectivity index (χ1v) is 6.89. The molecular weight excluding hydrogens is 256 g/mol. The third-order valence-corrected chi connectivity index (χ3v) is 3.73. The van der Waals surface area contributed by atoms with Gasteiger partial charge in [0.25, 0.3) is 0 Å². The number of aromatic nitrogens is 4. The van der Waals surface area contributed by atoms with E-state index < -0.39 is 0 Å². The zero-order valence-corrected chi connectivity index (χ0v) is 11.6. The summed E-state index contributed by atoms with van der Waals surface area (Å²) in [6, 6.07) is 0. The topological polar surface area (TPSA) is 99.0 Å². The number of likely N-dealkylation sites (N-methyl/N-ethyl adjacent to an activating group) is 1. The fraction of sp³-hybridized carbons (Fsp3) is 0.583. The highest BCUT2D eigenvalue weighted by molar-refractivity contribution is 5.87. The number of rotatable bonds is 5. The summed E-state index contributed by atoms with van der Waals surface area (Å²) in [6.07, 6.45) is 4.37. The molecule has 0 bridgehead atoms. The van der Waals surface area contributed by atoms with Crippen LogP contribution in [0.15, 0.2) is 6.20 Å². The first-order chi connectivity index (χ1) is 9.78. The minimum atomic E-state index is 0.393. The average molecular weight is 276 g/mol. The summed E-state index contributed by atoms with van der Waals surface area (Å²) < 4.78 is 0. The standard InChI is InChI=1S/C12H20N8/c1-19(6-7-20-4-2-3-5-20)11-9-8-14-18-10(9)15-12(16-11)17-13/h8H,2-7,13H2,1H3,(H2,14,15,16,17,18). The molecule has 1 aliphatic heterocycles. The van der Waals surface area contributed by atoms with Crippen LogP contribution >= 0.6 is 0 Å². The predicted octanol–water partition coefficient (Wildman–Crippen LogP) is 0.171. The molecule has 1 saturated heterocycles. The molecule has 108 valence electrons. The summed E-state index contributed by atoms with van der Waals surface area (Å²) in [5, 5.41) is 7.79. The third-order valence-electron chi connectivity index (χ3n) is 3.73. The number of hydrazine groups is 1. The summed E-state index contributed by atoms with van der Waals surface area (Å²) in [4.78, 5) is 13.3. The van der Waals surface area contributed by atoms with Gasteiger partial charge in [0.05, 0.1) is 11.6 Å². The van der Waals surface area contributed by atoms with E-state index in [-0.39, 0.29) is 0 Å². The fourth-order valence-corrected chi connectivity index (χ4v) is 2.58. The van der Waals surface area contributed by atoms with E-state index in [1.807, 2.05) is 7.05 Å². The fourth-order valence-electron chi connectivity index (χ4n) is 2.58. The normalized spacial score (nSPS) is 15.9. The maximum atomic E-state index is 5.42. The predicted molar refractivity (Wildman–Crippen MR) is 78.4 cm³/mol. The molecule has 8 heteroatoms. The first-order valence-electron chi connectivity index (χ1n) is 6.89. The summed E-state index contributed by atoms with van der Waals surface area (Å²) in [7, 11) is 2.03. The van der Waals surface area contributed by atoms with Crippen LogP contribution in [0.4, 0.5) is 11.8 Å². The second kappa shape index (κ2) is 5.59. The van der Waals surface area contributed by atoms with Crippen molar-refractivity contribution in [3.63, 3.8) is 0 Å². The molecule has 0 atom stereocenters. The summed E-state index contributed by atoms with van der Waals surface area (Å²) in [6.45, 7) is 4.37. The number of anilines is 2. The maximum Gasteiger partial charge on any atom is 0.241 e. The zero-order valence-electron chi connectivity index (χ0n) is 11.6. The van der Waals surface area contributed by atoms with Gasteiger partial charge in [-0.1, -0.05) is 0 Å². The molecular formula is C12H20N8. The van der Waals surface area contributed by atoms with Crippen molar-refractivity contribution in [1.29, 1.82) is 0 Å². The Labute approximate surface area is 117 Å².